The zero-order valence-corrected chi connectivity index (χ0v) is 29.1. The number of hydrogen-bond donors (Lipinski definition) is 11. The van der Waals surface area contributed by atoms with Gasteiger partial charge in [0.15, 0.2) is 48.0 Å². The van der Waals surface area contributed by atoms with Crippen LogP contribution < -0.4 is 0 Å². The van der Waals surface area contributed by atoms with Gasteiger partial charge in [0.2, 0.25) is 0 Å². The van der Waals surface area contributed by atoms with Crippen molar-refractivity contribution in [2.24, 2.45) is 0 Å². The van der Waals surface area contributed by atoms with Gasteiger partial charge in [-0.25, -0.2) is 4.79 Å². The van der Waals surface area contributed by atoms with E-state index in [1.165, 1.54) is 56.3 Å². The van der Waals surface area contributed by atoms with Crippen LogP contribution in [0.1, 0.15) is 25.0 Å². The van der Waals surface area contributed by atoms with Crippen molar-refractivity contribution in [3.63, 3.8) is 0 Å². The van der Waals surface area contributed by atoms with Gasteiger partial charge < -0.3 is 89.3 Å². The van der Waals surface area contributed by atoms with Crippen LogP contribution in [-0.2, 0) is 44.4 Å². The number of ether oxygens (including phenoxy) is 7. The minimum atomic E-state index is -1.89. The van der Waals surface area contributed by atoms with Gasteiger partial charge in [-0.05, 0) is 61.7 Å². The molecule has 5 rings (SSSR count). The van der Waals surface area contributed by atoms with E-state index in [-0.39, 0.29) is 30.1 Å². The first-order chi connectivity index (χ1) is 25.6. The molecule has 2 aromatic carbocycles. The molecule has 19 nitrogen and oxygen atoms in total. The minimum absolute atomic E-state index is 0.113. The topological polar surface area (TPSA) is 304 Å². The predicted molar refractivity (Wildman–Crippen MR) is 178 cm³/mol. The molecule has 3 aliphatic heterocycles. The summed E-state index contributed by atoms with van der Waals surface area (Å²) in [7, 11) is 0. The van der Waals surface area contributed by atoms with Crippen molar-refractivity contribution in [1.82, 2.24) is 0 Å². The van der Waals surface area contributed by atoms with Gasteiger partial charge in [0.05, 0.1) is 25.4 Å². The van der Waals surface area contributed by atoms with Gasteiger partial charge in [0, 0.05) is 6.08 Å². The summed E-state index contributed by atoms with van der Waals surface area (Å²) in [6.07, 6.45) is -21.7. The number of aliphatic hydroxyl groups excluding tert-OH is 7. The molecule has 3 saturated heterocycles. The van der Waals surface area contributed by atoms with Crippen LogP contribution in [-0.4, -0.2) is 167 Å². The SMILES string of the molecule is C[C@@H]1O[C@@H](O[C@@H]2[C@@H](O[C@@H]3O[C@@H](C)[C@H](O)[C@@H](O)[C@H]3O)[C@H](OCCc3ccc(O)c(O)c3)O[C@H](CO)[C@H]2OC(=O)/C=C/c2ccc(O)c(O)c2)[C@H](O)[C@H](O)[C@H]1O. The number of hydrogen-bond acceptors (Lipinski definition) is 19. The fraction of sp³-hybridized carbons (Fsp3) is 0.571. The Hall–Kier alpha value is -3.67. The molecule has 3 heterocycles. The average molecular weight is 771 g/mol. The third kappa shape index (κ3) is 9.40. The molecule has 15 atom stereocenters. The van der Waals surface area contributed by atoms with Crippen molar-refractivity contribution < 1.29 is 94.1 Å². The summed E-state index contributed by atoms with van der Waals surface area (Å²) in [5.74, 6) is -2.64. The van der Waals surface area contributed by atoms with E-state index in [0.717, 1.165) is 6.08 Å². The number of phenolic OH excluding ortho intramolecular Hbond substituents is 4. The predicted octanol–water partition coefficient (Wildman–Crippen LogP) is -2.16. The van der Waals surface area contributed by atoms with E-state index in [9.17, 15) is 61.0 Å². The van der Waals surface area contributed by atoms with E-state index < -0.39 is 116 Å². The molecular formula is C35H46O19. The molecule has 0 aromatic heterocycles. The van der Waals surface area contributed by atoms with Crippen molar-refractivity contribution in [3.8, 4) is 23.0 Å². The van der Waals surface area contributed by atoms with Crippen molar-refractivity contribution in [2.45, 2.75) is 112 Å². The fourth-order valence-electron chi connectivity index (χ4n) is 6.16. The highest BCUT2D eigenvalue weighted by Gasteiger charge is 2.55. The second-order valence-electron chi connectivity index (χ2n) is 13.2. The van der Waals surface area contributed by atoms with Crippen LogP contribution in [0.3, 0.4) is 0 Å². The Morgan fingerprint density at radius 3 is 1.78 bits per heavy atom. The summed E-state index contributed by atoms with van der Waals surface area (Å²) in [4.78, 5) is 13.3. The molecule has 300 valence electrons. The Balaban J connectivity index is 1.49. The van der Waals surface area contributed by atoms with Crippen LogP contribution in [0.2, 0.25) is 0 Å². The standard InChI is InChI=1S/C35H46O19/c1-14-24(42)26(44)28(46)33(49-14)53-31-30(52-23(41)8-5-16-3-6-18(37)20(39)11-16)22(13-36)51-35(48-10-9-17-4-7-19(38)21(40)12-17)32(31)54-34-29(47)27(45)25(43)15(2)50-34/h3-8,11-12,14-15,22,24-40,42-47H,9-10,13H2,1-2H3/b8-5+/t14-,15-,22+,24-,25-,26+,27+,28+,29+,30+,31-,32+,33-,34-,35+/m0/s1. The molecule has 2 aromatic rings. The van der Waals surface area contributed by atoms with Crippen LogP contribution in [0.15, 0.2) is 42.5 Å². The molecule has 0 bridgehead atoms. The maximum Gasteiger partial charge on any atom is 0.331 e. The summed E-state index contributed by atoms with van der Waals surface area (Å²) in [5.41, 5.74) is 0.798. The van der Waals surface area contributed by atoms with E-state index in [0.29, 0.717) is 5.56 Å². The van der Waals surface area contributed by atoms with Crippen molar-refractivity contribution >= 4 is 12.0 Å². The second-order valence-corrected chi connectivity index (χ2v) is 13.2. The number of esters is 1. The summed E-state index contributed by atoms with van der Waals surface area (Å²) in [5, 5.41) is 113. The molecule has 0 radical (unpaired) electrons. The van der Waals surface area contributed by atoms with Gasteiger partial charge in [0.1, 0.15) is 54.9 Å². The number of phenols is 4. The van der Waals surface area contributed by atoms with Gasteiger partial charge in [-0.2, -0.15) is 0 Å². The van der Waals surface area contributed by atoms with Crippen molar-refractivity contribution in [1.29, 1.82) is 0 Å². The van der Waals surface area contributed by atoms with E-state index in [4.69, 9.17) is 33.2 Å². The van der Waals surface area contributed by atoms with E-state index in [1.807, 2.05) is 0 Å². The van der Waals surface area contributed by atoms with Gasteiger partial charge in [-0.15, -0.1) is 0 Å². The van der Waals surface area contributed by atoms with Gasteiger partial charge in [-0.3, -0.25) is 0 Å². The number of carbonyl (C=O) groups is 1. The lowest BCUT2D eigenvalue weighted by Gasteiger charge is -2.49. The highest BCUT2D eigenvalue weighted by molar-refractivity contribution is 5.87. The third-order valence-electron chi connectivity index (χ3n) is 9.35. The van der Waals surface area contributed by atoms with E-state index in [2.05, 4.69) is 0 Å². The summed E-state index contributed by atoms with van der Waals surface area (Å²) >= 11 is 0. The summed E-state index contributed by atoms with van der Waals surface area (Å²) in [6, 6.07) is 7.82. The number of carbonyl (C=O) groups excluding carboxylic acids is 1. The maximum atomic E-state index is 13.3. The minimum Gasteiger partial charge on any atom is -0.504 e. The molecule has 54 heavy (non-hydrogen) atoms. The van der Waals surface area contributed by atoms with Crippen LogP contribution in [0.4, 0.5) is 0 Å². The smallest absolute Gasteiger partial charge is 0.331 e. The van der Waals surface area contributed by atoms with Gasteiger partial charge in [-0.1, -0.05) is 12.1 Å². The fourth-order valence-corrected chi connectivity index (χ4v) is 6.16. The molecule has 19 heteroatoms. The molecule has 0 unspecified atom stereocenters. The molecule has 3 fully saturated rings. The van der Waals surface area contributed by atoms with E-state index >= 15 is 0 Å². The number of benzene rings is 2. The van der Waals surface area contributed by atoms with Gasteiger partial charge in [0.25, 0.3) is 0 Å². The zero-order chi connectivity index (χ0) is 39.4. The highest BCUT2D eigenvalue weighted by atomic mass is 16.8. The van der Waals surface area contributed by atoms with Crippen molar-refractivity contribution in [3.05, 3.63) is 53.6 Å². The van der Waals surface area contributed by atoms with Crippen LogP contribution in [0.5, 0.6) is 23.0 Å². The lowest BCUT2D eigenvalue weighted by Crippen LogP contribution is -2.67. The Bertz CT molecular complexity index is 1590. The number of rotatable bonds is 12. The average Bonchev–Trinajstić information content (AvgIpc) is 3.14. The Morgan fingerprint density at radius 2 is 1.22 bits per heavy atom. The third-order valence-corrected chi connectivity index (χ3v) is 9.35. The van der Waals surface area contributed by atoms with Crippen LogP contribution in [0.25, 0.3) is 6.08 Å². The normalized spacial score (nSPS) is 37.3. The first-order valence-electron chi connectivity index (χ1n) is 17.1. The Kier molecular flexibility index (Phi) is 13.7. The zero-order valence-electron chi connectivity index (χ0n) is 29.1. The second kappa shape index (κ2) is 17.9. The van der Waals surface area contributed by atoms with E-state index in [1.54, 1.807) is 0 Å². The highest BCUT2D eigenvalue weighted by Crippen LogP contribution is 2.35. The monoisotopic (exact) mass is 770 g/mol. The largest absolute Gasteiger partial charge is 0.504 e. The number of aromatic hydroxyl groups is 4. The molecule has 11 N–H and O–H groups in total. The number of aliphatic hydroxyl groups is 7. The van der Waals surface area contributed by atoms with Crippen LogP contribution >= 0.6 is 0 Å². The first kappa shape index (κ1) is 41.5. The molecular weight excluding hydrogens is 724 g/mol. The molecule has 0 spiro atoms. The maximum absolute atomic E-state index is 13.3. The lowest BCUT2D eigenvalue weighted by atomic mass is 9.96. The first-order valence-corrected chi connectivity index (χ1v) is 17.1. The van der Waals surface area contributed by atoms with Crippen molar-refractivity contribution in [2.75, 3.05) is 13.2 Å². The quantitative estimate of drug-likeness (QED) is 0.0622. The molecule has 0 amide bonds. The lowest BCUT2D eigenvalue weighted by molar-refractivity contribution is -0.389. The molecule has 0 aliphatic carbocycles. The summed E-state index contributed by atoms with van der Waals surface area (Å²) < 4.78 is 41.3. The van der Waals surface area contributed by atoms with Crippen LogP contribution in [0, 0.1) is 0 Å². The molecule has 0 saturated carbocycles. The summed E-state index contributed by atoms with van der Waals surface area (Å²) in [6.45, 7) is 1.78. The Labute approximate surface area is 308 Å². The van der Waals surface area contributed by atoms with Gasteiger partial charge >= 0.3 is 5.97 Å². The Morgan fingerprint density at radius 1 is 0.667 bits per heavy atom. The molecule has 3 aliphatic rings.